The predicted octanol–water partition coefficient (Wildman–Crippen LogP) is 3.68. The van der Waals surface area contributed by atoms with Crippen LogP contribution in [0.25, 0.3) is 15.9 Å². The average molecular weight is 369 g/mol. The summed E-state index contributed by atoms with van der Waals surface area (Å²) in [7, 11) is 0. The van der Waals surface area contributed by atoms with Gasteiger partial charge in [-0.3, -0.25) is 4.79 Å². The molecule has 0 spiro atoms. The maximum absolute atomic E-state index is 12.7. The van der Waals surface area contributed by atoms with E-state index in [-0.39, 0.29) is 18.6 Å². The van der Waals surface area contributed by atoms with E-state index in [2.05, 4.69) is 10.4 Å². The molecule has 1 fully saturated rings. The number of rotatable bonds is 4. The fourth-order valence-electron chi connectivity index (χ4n) is 3.65. The number of aryl methyl sites for hydroxylation is 1. The number of fused-ring (bicyclic) bond motifs is 1. The standard InChI is InChI=1S/C20H23N3O2S/c1-13-17-11-18(19(25)21-15-9-7-14(12-24)8-10-15)26-20(17)23(22-13)16-5-3-2-4-6-16/h2-6,11,14-15,24H,7-10,12H2,1H3,(H,21,25). The molecule has 2 aromatic heterocycles. The molecule has 0 bridgehead atoms. The van der Waals surface area contributed by atoms with Crippen molar-refractivity contribution >= 4 is 27.5 Å². The molecule has 26 heavy (non-hydrogen) atoms. The Morgan fingerprint density at radius 1 is 1.27 bits per heavy atom. The lowest BCUT2D eigenvalue weighted by Crippen LogP contribution is -2.37. The van der Waals surface area contributed by atoms with E-state index >= 15 is 0 Å². The Hall–Kier alpha value is -2.18. The zero-order valence-electron chi connectivity index (χ0n) is 14.8. The van der Waals surface area contributed by atoms with Gasteiger partial charge in [0.05, 0.1) is 16.3 Å². The lowest BCUT2D eigenvalue weighted by atomic mass is 9.86. The molecule has 1 saturated carbocycles. The third kappa shape index (κ3) is 3.27. The van der Waals surface area contributed by atoms with Gasteiger partial charge in [-0.15, -0.1) is 11.3 Å². The molecular formula is C20H23N3O2S. The largest absolute Gasteiger partial charge is 0.396 e. The molecule has 0 aliphatic heterocycles. The van der Waals surface area contributed by atoms with Gasteiger partial charge in [-0.1, -0.05) is 18.2 Å². The van der Waals surface area contributed by atoms with Crippen LogP contribution < -0.4 is 5.32 Å². The van der Waals surface area contributed by atoms with Crippen molar-refractivity contribution in [3.8, 4) is 5.69 Å². The van der Waals surface area contributed by atoms with E-state index in [0.717, 1.165) is 52.2 Å². The van der Waals surface area contributed by atoms with Gasteiger partial charge in [0.2, 0.25) is 0 Å². The number of nitrogens with zero attached hydrogens (tertiary/aromatic N) is 2. The van der Waals surface area contributed by atoms with Crippen molar-refractivity contribution < 1.29 is 9.90 Å². The summed E-state index contributed by atoms with van der Waals surface area (Å²) in [6.07, 6.45) is 3.85. The van der Waals surface area contributed by atoms with Gasteiger partial charge in [-0.2, -0.15) is 5.10 Å². The van der Waals surface area contributed by atoms with Gasteiger partial charge in [-0.25, -0.2) is 4.68 Å². The zero-order chi connectivity index (χ0) is 18.1. The summed E-state index contributed by atoms with van der Waals surface area (Å²) in [6, 6.07) is 12.2. The van der Waals surface area contributed by atoms with Gasteiger partial charge in [0.15, 0.2) is 0 Å². The van der Waals surface area contributed by atoms with Crippen molar-refractivity contribution in [1.29, 1.82) is 0 Å². The number of aliphatic hydroxyl groups is 1. The first-order valence-corrected chi connectivity index (χ1v) is 9.93. The topological polar surface area (TPSA) is 67.2 Å². The second-order valence-electron chi connectivity index (χ2n) is 7.04. The Morgan fingerprint density at radius 3 is 2.69 bits per heavy atom. The molecule has 6 heteroatoms. The van der Waals surface area contributed by atoms with E-state index in [9.17, 15) is 9.90 Å². The number of para-hydroxylation sites is 1. The quantitative estimate of drug-likeness (QED) is 0.737. The minimum absolute atomic E-state index is 0.00217. The first kappa shape index (κ1) is 17.2. The fourth-order valence-corrected chi connectivity index (χ4v) is 4.74. The highest BCUT2D eigenvalue weighted by Gasteiger charge is 2.24. The van der Waals surface area contributed by atoms with Crippen molar-refractivity contribution in [3.05, 3.63) is 47.0 Å². The first-order chi connectivity index (χ1) is 12.7. The normalized spacial score (nSPS) is 20.4. The van der Waals surface area contributed by atoms with Crippen LogP contribution in [0, 0.1) is 12.8 Å². The zero-order valence-corrected chi connectivity index (χ0v) is 15.6. The van der Waals surface area contributed by atoms with Gasteiger partial charge in [-0.05, 0) is 56.7 Å². The minimum atomic E-state index is -0.00217. The van der Waals surface area contributed by atoms with Crippen molar-refractivity contribution in [2.24, 2.45) is 5.92 Å². The van der Waals surface area contributed by atoms with Crippen LogP contribution in [0.3, 0.4) is 0 Å². The molecule has 1 amide bonds. The van der Waals surface area contributed by atoms with Gasteiger partial charge in [0.1, 0.15) is 4.83 Å². The molecule has 0 saturated heterocycles. The van der Waals surface area contributed by atoms with Gasteiger partial charge < -0.3 is 10.4 Å². The summed E-state index contributed by atoms with van der Waals surface area (Å²) < 4.78 is 1.92. The predicted molar refractivity (Wildman–Crippen MR) is 104 cm³/mol. The maximum atomic E-state index is 12.7. The van der Waals surface area contributed by atoms with Crippen LogP contribution in [0.15, 0.2) is 36.4 Å². The fraction of sp³-hybridized carbons (Fsp3) is 0.400. The van der Waals surface area contributed by atoms with Crippen LogP contribution in [-0.4, -0.2) is 33.4 Å². The molecule has 2 heterocycles. The SMILES string of the molecule is Cc1nn(-c2ccccc2)c2sc(C(=O)NC3CCC(CO)CC3)cc12. The second kappa shape index (κ2) is 7.21. The van der Waals surface area contributed by atoms with Gasteiger partial charge in [0.25, 0.3) is 5.91 Å². The molecule has 4 rings (SSSR count). The Labute approximate surface area is 156 Å². The minimum Gasteiger partial charge on any atom is -0.396 e. The third-order valence-electron chi connectivity index (χ3n) is 5.21. The van der Waals surface area contributed by atoms with E-state index in [0.29, 0.717) is 5.92 Å². The highest BCUT2D eigenvalue weighted by atomic mass is 32.1. The first-order valence-electron chi connectivity index (χ1n) is 9.12. The summed E-state index contributed by atoms with van der Waals surface area (Å²) in [6.45, 7) is 2.23. The summed E-state index contributed by atoms with van der Waals surface area (Å²) in [5, 5.41) is 18.1. The molecule has 0 atom stereocenters. The van der Waals surface area contributed by atoms with Crippen LogP contribution in [0.2, 0.25) is 0 Å². The molecule has 1 aliphatic carbocycles. The van der Waals surface area contributed by atoms with Crippen molar-refractivity contribution in [1.82, 2.24) is 15.1 Å². The Kier molecular flexibility index (Phi) is 4.78. The number of thiophene rings is 1. The number of nitrogens with one attached hydrogen (secondary N) is 1. The molecular weight excluding hydrogens is 346 g/mol. The molecule has 0 unspecified atom stereocenters. The number of benzene rings is 1. The smallest absolute Gasteiger partial charge is 0.261 e. The molecule has 5 nitrogen and oxygen atoms in total. The van der Waals surface area contributed by atoms with Gasteiger partial charge in [0, 0.05) is 18.0 Å². The van der Waals surface area contributed by atoms with E-state index in [4.69, 9.17) is 0 Å². The summed E-state index contributed by atoms with van der Waals surface area (Å²) in [4.78, 5) is 14.4. The number of hydrogen-bond acceptors (Lipinski definition) is 4. The van der Waals surface area contributed by atoms with Crippen molar-refractivity contribution in [2.75, 3.05) is 6.61 Å². The Balaban J connectivity index is 1.55. The van der Waals surface area contributed by atoms with Gasteiger partial charge >= 0.3 is 0 Å². The van der Waals surface area contributed by atoms with Crippen LogP contribution in [0.4, 0.5) is 0 Å². The average Bonchev–Trinajstić information content (AvgIpc) is 3.24. The summed E-state index contributed by atoms with van der Waals surface area (Å²) >= 11 is 1.49. The monoisotopic (exact) mass is 369 g/mol. The lowest BCUT2D eigenvalue weighted by molar-refractivity contribution is 0.0918. The highest BCUT2D eigenvalue weighted by Crippen LogP contribution is 2.31. The number of aliphatic hydroxyl groups excluding tert-OH is 1. The number of amides is 1. The third-order valence-corrected chi connectivity index (χ3v) is 6.32. The number of carbonyl (C=O) groups excluding carboxylic acids is 1. The van der Waals surface area contributed by atoms with E-state index in [1.165, 1.54) is 11.3 Å². The number of carbonyl (C=O) groups is 1. The Morgan fingerprint density at radius 2 is 2.00 bits per heavy atom. The molecule has 1 aliphatic rings. The van der Waals surface area contributed by atoms with Crippen LogP contribution in [0.1, 0.15) is 41.0 Å². The molecule has 2 N–H and O–H groups in total. The highest BCUT2D eigenvalue weighted by molar-refractivity contribution is 7.20. The van der Waals surface area contributed by atoms with E-state index < -0.39 is 0 Å². The van der Waals surface area contributed by atoms with Crippen molar-refractivity contribution in [2.45, 2.75) is 38.6 Å². The molecule has 0 radical (unpaired) electrons. The molecule has 136 valence electrons. The van der Waals surface area contributed by atoms with Crippen molar-refractivity contribution in [3.63, 3.8) is 0 Å². The van der Waals surface area contributed by atoms with Crippen LogP contribution in [0.5, 0.6) is 0 Å². The summed E-state index contributed by atoms with van der Waals surface area (Å²) in [5.41, 5.74) is 1.93. The number of hydrogen-bond donors (Lipinski definition) is 2. The maximum Gasteiger partial charge on any atom is 0.261 e. The van der Waals surface area contributed by atoms with Crippen LogP contribution >= 0.6 is 11.3 Å². The van der Waals surface area contributed by atoms with E-state index in [1.807, 2.05) is 48.0 Å². The Bertz CT molecular complexity index is 908. The lowest BCUT2D eigenvalue weighted by Gasteiger charge is -2.27. The number of aromatic nitrogens is 2. The second-order valence-corrected chi connectivity index (χ2v) is 8.07. The van der Waals surface area contributed by atoms with E-state index in [1.54, 1.807) is 0 Å². The summed E-state index contributed by atoms with van der Waals surface area (Å²) in [5.74, 6) is 0.393. The molecule has 1 aromatic carbocycles. The molecule has 3 aromatic rings. The van der Waals surface area contributed by atoms with Crippen LogP contribution in [-0.2, 0) is 0 Å².